The third-order valence-electron chi connectivity index (χ3n) is 2.60. The Balaban J connectivity index is 2.63. The zero-order valence-corrected chi connectivity index (χ0v) is 8.86. The number of hydrogen-bond donors (Lipinski definition) is 0. The molecule has 0 aliphatic carbocycles. The molecule has 0 saturated carbocycles. The second-order valence-corrected chi connectivity index (χ2v) is 3.81. The van der Waals surface area contributed by atoms with Gasteiger partial charge in [0, 0.05) is 30.2 Å². The predicted octanol–water partition coefficient (Wildman–Crippen LogP) is 2.77. The third-order valence-corrected chi connectivity index (χ3v) is 2.93. The minimum atomic E-state index is 0.509. The molecular formula is C11H8ClN3. The second-order valence-electron chi connectivity index (χ2n) is 3.47. The number of halogens is 1. The third kappa shape index (κ3) is 1.13. The summed E-state index contributed by atoms with van der Waals surface area (Å²) in [5, 5.41) is 2.74. The Morgan fingerprint density at radius 3 is 3.00 bits per heavy atom. The molecule has 0 spiro atoms. The van der Waals surface area contributed by atoms with E-state index in [2.05, 4.69) is 9.97 Å². The van der Waals surface area contributed by atoms with Crippen LogP contribution in [0.5, 0.6) is 0 Å². The number of pyridine rings is 1. The average molecular weight is 218 g/mol. The summed E-state index contributed by atoms with van der Waals surface area (Å²) in [5.74, 6) is 0. The summed E-state index contributed by atoms with van der Waals surface area (Å²) in [6.45, 7) is 0. The van der Waals surface area contributed by atoms with E-state index in [1.54, 1.807) is 6.20 Å². The van der Waals surface area contributed by atoms with Crippen LogP contribution in [0.1, 0.15) is 0 Å². The molecule has 0 atom stereocenters. The molecule has 2 aromatic heterocycles. The van der Waals surface area contributed by atoms with Gasteiger partial charge in [0.1, 0.15) is 0 Å². The van der Waals surface area contributed by atoms with Gasteiger partial charge in [-0.1, -0.05) is 6.07 Å². The topological polar surface area (TPSA) is 30.7 Å². The van der Waals surface area contributed by atoms with Crippen LogP contribution in [0.15, 0.2) is 30.6 Å². The van der Waals surface area contributed by atoms with E-state index in [0.29, 0.717) is 5.28 Å². The van der Waals surface area contributed by atoms with Crippen molar-refractivity contribution < 1.29 is 0 Å². The van der Waals surface area contributed by atoms with Crippen LogP contribution in [0.2, 0.25) is 5.28 Å². The summed E-state index contributed by atoms with van der Waals surface area (Å²) in [6.07, 6.45) is 3.62. The molecular weight excluding hydrogens is 210 g/mol. The predicted molar refractivity (Wildman–Crippen MR) is 61.0 cm³/mol. The lowest BCUT2D eigenvalue weighted by atomic mass is 10.1. The Morgan fingerprint density at radius 2 is 2.13 bits per heavy atom. The quantitative estimate of drug-likeness (QED) is 0.580. The molecule has 0 amide bonds. The highest BCUT2D eigenvalue weighted by Crippen LogP contribution is 2.26. The van der Waals surface area contributed by atoms with E-state index in [0.717, 1.165) is 21.8 Å². The fourth-order valence-electron chi connectivity index (χ4n) is 1.85. The van der Waals surface area contributed by atoms with E-state index < -0.39 is 0 Å². The highest BCUT2D eigenvalue weighted by atomic mass is 35.5. The molecule has 0 aliphatic rings. The van der Waals surface area contributed by atoms with Crippen LogP contribution in [0.25, 0.3) is 21.8 Å². The maximum Gasteiger partial charge on any atom is 0.203 e. The van der Waals surface area contributed by atoms with Crippen LogP contribution in [0.4, 0.5) is 0 Å². The number of hydrogen-bond acceptors (Lipinski definition) is 2. The van der Waals surface area contributed by atoms with Crippen molar-refractivity contribution in [3.8, 4) is 0 Å². The van der Waals surface area contributed by atoms with Gasteiger partial charge in [0.25, 0.3) is 0 Å². The summed E-state index contributed by atoms with van der Waals surface area (Å²) in [5.41, 5.74) is 1.97. The largest absolute Gasteiger partial charge is 0.317 e. The molecule has 3 aromatic rings. The lowest BCUT2D eigenvalue weighted by Gasteiger charge is -2.00. The minimum absolute atomic E-state index is 0.509. The molecule has 2 heterocycles. The van der Waals surface area contributed by atoms with Crippen LogP contribution in [-0.4, -0.2) is 14.5 Å². The molecule has 15 heavy (non-hydrogen) atoms. The van der Waals surface area contributed by atoms with Crippen molar-refractivity contribution in [1.82, 2.24) is 14.5 Å². The van der Waals surface area contributed by atoms with Crippen LogP contribution in [0, 0.1) is 0 Å². The summed E-state index contributed by atoms with van der Waals surface area (Å²) in [6, 6.07) is 5.95. The number of nitrogens with zero attached hydrogens (tertiary/aromatic N) is 3. The number of fused-ring (bicyclic) bond motifs is 3. The second kappa shape index (κ2) is 2.94. The first-order valence-electron chi connectivity index (χ1n) is 4.62. The van der Waals surface area contributed by atoms with Gasteiger partial charge >= 0.3 is 0 Å². The van der Waals surface area contributed by atoms with Crippen LogP contribution < -0.4 is 0 Å². The first-order chi connectivity index (χ1) is 7.27. The molecule has 0 radical (unpaired) electrons. The maximum absolute atomic E-state index is 5.99. The monoisotopic (exact) mass is 217 g/mol. The van der Waals surface area contributed by atoms with E-state index in [4.69, 9.17) is 11.6 Å². The molecule has 0 fully saturated rings. The van der Waals surface area contributed by atoms with Gasteiger partial charge in [-0.15, -0.1) is 0 Å². The van der Waals surface area contributed by atoms with Crippen molar-refractivity contribution in [3.05, 3.63) is 35.9 Å². The SMILES string of the molecule is Cn1c(Cl)nc2ccc3cnccc3c21. The van der Waals surface area contributed by atoms with Gasteiger partial charge in [0.15, 0.2) is 0 Å². The molecule has 0 unspecified atom stereocenters. The molecule has 4 heteroatoms. The summed E-state index contributed by atoms with van der Waals surface area (Å²) >= 11 is 5.99. The van der Waals surface area contributed by atoms with Gasteiger partial charge in [-0.25, -0.2) is 4.98 Å². The lowest BCUT2D eigenvalue weighted by Crippen LogP contribution is -1.88. The Hall–Kier alpha value is -1.61. The Labute approximate surface area is 91.3 Å². The van der Waals surface area contributed by atoms with Crippen molar-refractivity contribution in [1.29, 1.82) is 0 Å². The van der Waals surface area contributed by atoms with Crippen LogP contribution in [-0.2, 0) is 7.05 Å². The fourth-order valence-corrected chi connectivity index (χ4v) is 2.03. The summed E-state index contributed by atoms with van der Waals surface area (Å²) in [7, 11) is 1.91. The highest BCUT2D eigenvalue weighted by molar-refractivity contribution is 6.29. The summed E-state index contributed by atoms with van der Waals surface area (Å²) < 4.78 is 1.89. The van der Waals surface area contributed by atoms with Crippen molar-refractivity contribution >= 4 is 33.4 Å². The van der Waals surface area contributed by atoms with Crippen molar-refractivity contribution in [2.24, 2.45) is 7.05 Å². The molecule has 1 aromatic carbocycles. The van der Waals surface area contributed by atoms with Crippen molar-refractivity contribution in [2.45, 2.75) is 0 Å². The molecule has 0 saturated heterocycles. The summed E-state index contributed by atoms with van der Waals surface area (Å²) in [4.78, 5) is 8.36. The maximum atomic E-state index is 5.99. The van der Waals surface area contributed by atoms with E-state index in [9.17, 15) is 0 Å². The normalized spacial score (nSPS) is 11.3. The van der Waals surface area contributed by atoms with E-state index in [1.807, 2.05) is 36.0 Å². The number of benzene rings is 1. The first-order valence-corrected chi connectivity index (χ1v) is 5.00. The van der Waals surface area contributed by atoms with E-state index >= 15 is 0 Å². The molecule has 3 rings (SSSR count). The van der Waals surface area contributed by atoms with Gasteiger partial charge in [0.2, 0.25) is 5.28 Å². The van der Waals surface area contributed by atoms with Gasteiger partial charge in [-0.2, -0.15) is 0 Å². The average Bonchev–Trinajstić information content (AvgIpc) is 2.55. The first kappa shape index (κ1) is 8.68. The van der Waals surface area contributed by atoms with E-state index in [-0.39, 0.29) is 0 Å². The molecule has 74 valence electrons. The molecule has 3 nitrogen and oxygen atoms in total. The zero-order valence-electron chi connectivity index (χ0n) is 8.11. The molecule has 0 aliphatic heterocycles. The number of aromatic nitrogens is 3. The number of rotatable bonds is 0. The fraction of sp³-hybridized carbons (Fsp3) is 0.0909. The van der Waals surface area contributed by atoms with Gasteiger partial charge in [-0.3, -0.25) is 4.98 Å². The van der Waals surface area contributed by atoms with Gasteiger partial charge in [-0.05, 0) is 23.7 Å². The van der Waals surface area contributed by atoms with Crippen molar-refractivity contribution in [2.75, 3.05) is 0 Å². The Kier molecular flexibility index (Phi) is 1.70. The van der Waals surface area contributed by atoms with Crippen LogP contribution >= 0.6 is 11.6 Å². The van der Waals surface area contributed by atoms with Gasteiger partial charge in [0.05, 0.1) is 11.0 Å². The Morgan fingerprint density at radius 1 is 1.27 bits per heavy atom. The standard InChI is InChI=1S/C11H8ClN3/c1-15-10-8-4-5-13-6-7(8)2-3-9(10)14-11(15)12/h2-6H,1H3. The highest BCUT2D eigenvalue weighted by Gasteiger charge is 2.08. The molecule has 0 bridgehead atoms. The number of aryl methyl sites for hydroxylation is 1. The zero-order chi connectivity index (χ0) is 10.4. The minimum Gasteiger partial charge on any atom is -0.317 e. The molecule has 0 N–H and O–H groups in total. The van der Waals surface area contributed by atoms with Crippen LogP contribution in [0.3, 0.4) is 0 Å². The van der Waals surface area contributed by atoms with E-state index in [1.165, 1.54) is 0 Å². The smallest absolute Gasteiger partial charge is 0.203 e. The van der Waals surface area contributed by atoms with Crippen molar-refractivity contribution in [3.63, 3.8) is 0 Å². The van der Waals surface area contributed by atoms with Gasteiger partial charge < -0.3 is 4.57 Å². The number of imidazole rings is 1. The lowest BCUT2D eigenvalue weighted by molar-refractivity contribution is 0.952. The Bertz CT molecular complexity index is 657.